The Morgan fingerprint density at radius 1 is 1.38 bits per heavy atom. The van der Waals surface area contributed by atoms with E-state index in [1.807, 2.05) is 0 Å². The van der Waals surface area contributed by atoms with Crippen LogP contribution < -0.4 is 5.32 Å². The summed E-state index contributed by atoms with van der Waals surface area (Å²) < 4.78 is 0. The van der Waals surface area contributed by atoms with Crippen molar-refractivity contribution in [3.8, 4) is 0 Å². The number of aromatic nitrogens is 2. The minimum atomic E-state index is 0. The number of halogens is 1. The largest absolute Gasteiger partial charge is 0.309 e. The van der Waals surface area contributed by atoms with E-state index in [4.69, 9.17) is 0 Å². The van der Waals surface area contributed by atoms with Crippen LogP contribution >= 0.6 is 12.4 Å². The number of carbonyl (C=O) groups excluding carboxylic acids is 1. The minimum absolute atomic E-state index is 0. The normalized spacial score (nSPS) is 24.1. The predicted molar refractivity (Wildman–Crippen MR) is 64.1 cm³/mol. The topological polar surface area (TPSA) is 57.8 Å². The van der Waals surface area contributed by atoms with Gasteiger partial charge in [0.25, 0.3) is 0 Å². The standard InChI is InChI=1S/C11H15N3O.ClH/c1-6-5-8(15)12-11-9(6)10(13-14-11)7-3-2-4-7;/h6-7H,2-5H2,1H3,(H2,12,13,14,15);1H. The van der Waals surface area contributed by atoms with Gasteiger partial charge in [-0.1, -0.05) is 13.3 Å². The molecule has 1 amide bonds. The molecule has 0 saturated heterocycles. The predicted octanol–water partition coefficient (Wildman–Crippen LogP) is 2.54. The Morgan fingerprint density at radius 3 is 2.75 bits per heavy atom. The van der Waals surface area contributed by atoms with Gasteiger partial charge in [0.05, 0.1) is 0 Å². The summed E-state index contributed by atoms with van der Waals surface area (Å²) in [6.07, 6.45) is 4.43. The second-order valence-corrected chi connectivity index (χ2v) is 4.68. The summed E-state index contributed by atoms with van der Waals surface area (Å²) in [6.45, 7) is 2.11. The van der Waals surface area contributed by atoms with Crippen molar-refractivity contribution < 1.29 is 4.79 Å². The van der Waals surface area contributed by atoms with Gasteiger partial charge in [0.2, 0.25) is 5.91 Å². The Hall–Kier alpha value is -1.03. The fourth-order valence-corrected chi connectivity index (χ4v) is 2.53. The molecule has 2 heterocycles. The first-order valence-electron chi connectivity index (χ1n) is 5.63. The number of hydrogen-bond donors (Lipinski definition) is 2. The Bertz CT molecular complexity index is 411. The Labute approximate surface area is 101 Å². The second-order valence-electron chi connectivity index (χ2n) is 4.68. The molecule has 5 heteroatoms. The third-order valence-corrected chi connectivity index (χ3v) is 3.59. The van der Waals surface area contributed by atoms with Crippen molar-refractivity contribution in [1.82, 2.24) is 10.2 Å². The van der Waals surface area contributed by atoms with E-state index in [1.165, 1.54) is 30.5 Å². The number of hydrogen-bond acceptors (Lipinski definition) is 2. The molecule has 16 heavy (non-hydrogen) atoms. The van der Waals surface area contributed by atoms with Crippen LogP contribution in [0.2, 0.25) is 0 Å². The van der Waals surface area contributed by atoms with Gasteiger partial charge in [0.15, 0.2) is 5.82 Å². The summed E-state index contributed by atoms with van der Waals surface area (Å²) >= 11 is 0. The van der Waals surface area contributed by atoms with Gasteiger partial charge in [-0.15, -0.1) is 12.4 Å². The molecule has 1 aromatic heterocycles. The molecule has 88 valence electrons. The lowest BCUT2D eigenvalue weighted by molar-refractivity contribution is -0.116. The number of carbonyl (C=O) groups is 1. The number of amides is 1. The van der Waals surface area contributed by atoms with Crippen LogP contribution in [0.1, 0.15) is 55.7 Å². The molecular formula is C11H16ClN3O. The van der Waals surface area contributed by atoms with Crippen molar-refractivity contribution >= 4 is 24.1 Å². The van der Waals surface area contributed by atoms with E-state index in [0.29, 0.717) is 18.3 Å². The van der Waals surface area contributed by atoms with Gasteiger partial charge in [0.1, 0.15) is 0 Å². The van der Waals surface area contributed by atoms with Crippen molar-refractivity contribution in [2.24, 2.45) is 0 Å². The molecule has 1 aliphatic carbocycles. The molecule has 3 rings (SSSR count). The molecule has 1 aromatic rings. The summed E-state index contributed by atoms with van der Waals surface area (Å²) in [4.78, 5) is 11.3. The van der Waals surface area contributed by atoms with Crippen molar-refractivity contribution in [3.05, 3.63) is 11.3 Å². The van der Waals surface area contributed by atoms with Crippen LogP contribution in [0, 0.1) is 0 Å². The van der Waals surface area contributed by atoms with Crippen molar-refractivity contribution in [2.45, 2.75) is 44.4 Å². The lowest BCUT2D eigenvalue weighted by Gasteiger charge is -2.27. The van der Waals surface area contributed by atoms with Crippen molar-refractivity contribution in [1.29, 1.82) is 0 Å². The van der Waals surface area contributed by atoms with E-state index in [9.17, 15) is 4.79 Å². The Balaban J connectivity index is 0.000000963. The minimum Gasteiger partial charge on any atom is -0.309 e. The van der Waals surface area contributed by atoms with Crippen LogP contribution in [0.4, 0.5) is 5.82 Å². The highest BCUT2D eigenvalue weighted by Crippen LogP contribution is 2.42. The van der Waals surface area contributed by atoms with Crippen LogP contribution in [0.25, 0.3) is 0 Å². The van der Waals surface area contributed by atoms with Crippen LogP contribution in [-0.2, 0) is 4.79 Å². The fourth-order valence-electron chi connectivity index (χ4n) is 2.53. The molecular weight excluding hydrogens is 226 g/mol. The molecule has 4 nitrogen and oxygen atoms in total. The van der Waals surface area contributed by atoms with Crippen LogP contribution in [0.3, 0.4) is 0 Å². The van der Waals surface area contributed by atoms with Crippen LogP contribution in [0.5, 0.6) is 0 Å². The highest BCUT2D eigenvalue weighted by atomic mass is 35.5. The molecule has 1 unspecified atom stereocenters. The first kappa shape index (κ1) is 11.5. The lowest BCUT2D eigenvalue weighted by Crippen LogP contribution is -2.22. The van der Waals surface area contributed by atoms with Gasteiger partial charge in [-0.2, -0.15) is 5.10 Å². The monoisotopic (exact) mass is 241 g/mol. The average molecular weight is 242 g/mol. The first-order chi connectivity index (χ1) is 7.25. The molecule has 0 bridgehead atoms. The first-order valence-corrected chi connectivity index (χ1v) is 5.63. The molecule has 0 spiro atoms. The molecule has 1 atom stereocenters. The quantitative estimate of drug-likeness (QED) is 0.794. The zero-order chi connectivity index (χ0) is 10.4. The molecule has 2 N–H and O–H groups in total. The number of rotatable bonds is 1. The van der Waals surface area contributed by atoms with Gasteiger partial charge in [0, 0.05) is 23.6 Å². The third kappa shape index (κ3) is 1.61. The lowest BCUT2D eigenvalue weighted by atomic mass is 9.79. The zero-order valence-corrected chi connectivity index (χ0v) is 10.1. The van der Waals surface area contributed by atoms with E-state index in [2.05, 4.69) is 22.4 Å². The summed E-state index contributed by atoms with van der Waals surface area (Å²) in [5.74, 6) is 1.81. The maximum absolute atomic E-state index is 11.3. The summed E-state index contributed by atoms with van der Waals surface area (Å²) in [6, 6.07) is 0. The van der Waals surface area contributed by atoms with Crippen molar-refractivity contribution in [2.75, 3.05) is 5.32 Å². The number of aromatic amines is 1. The summed E-state index contributed by atoms with van der Waals surface area (Å²) in [5, 5.41) is 10.1. The maximum Gasteiger partial charge on any atom is 0.226 e. The molecule has 1 fully saturated rings. The van der Waals surface area contributed by atoms with Gasteiger partial charge in [-0.25, -0.2) is 0 Å². The van der Waals surface area contributed by atoms with E-state index in [1.54, 1.807) is 0 Å². The van der Waals surface area contributed by atoms with Gasteiger partial charge >= 0.3 is 0 Å². The molecule has 1 aliphatic heterocycles. The number of nitrogens with one attached hydrogen (secondary N) is 2. The van der Waals surface area contributed by atoms with Gasteiger partial charge < -0.3 is 5.32 Å². The van der Waals surface area contributed by atoms with Crippen molar-refractivity contribution in [3.63, 3.8) is 0 Å². The second kappa shape index (κ2) is 4.09. The van der Waals surface area contributed by atoms with Gasteiger partial charge in [-0.3, -0.25) is 9.89 Å². The highest BCUT2D eigenvalue weighted by molar-refractivity contribution is 5.93. The average Bonchev–Trinajstić information content (AvgIpc) is 2.45. The highest BCUT2D eigenvalue weighted by Gasteiger charge is 2.32. The molecule has 1 saturated carbocycles. The summed E-state index contributed by atoms with van der Waals surface area (Å²) in [5.41, 5.74) is 2.52. The molecule has 0 aromatic carbocycles. The van der Waals surface area contributed by atoms with Crippen LogP contribution in [-0.4, -0.2) is 16.1 Å². The third-order valence-electron chi connectivity index (χ3n) is 3.59. The maximum atomic E-state index is 11.3. The van der Waals surface area contributed by atoms with E-state index in [0.717, 1.165) is 5.82 Å². The Morgan fingerprint density at radius 2 is 2.12 bits per heavy atom. The summed E-state index contributed by atoms with van der Waals surface area (Å²) in [7, 11) is 0. The number of nitrogens with zero attached hydrogens (tertiary/aromatic N) is 1. The molecule has 2 aliphatic rings. The SMILES string of the molecule is CC1CC(=O)Nc2n[nH]c(C3CCC3)c21.Cl. The fraction of sp³-hybridized carbons (Fsp3) is 0.636. The van der Waals surface area contributed by atoms with E-state index in [-0.39, 0.29) is 18.3 Å². The molecule has 0 radical (unpaired) electrons. The van der Waals surface area contributed by atoms with E-state index < -0.39 is 0 Å². The number of anilines is 1. The zero-order valence-electron chi connectivity index (χ0n) is 9.25. The van der Waals surface area contributed by atoms with E-state index >= 15 is 0 Å². The smallest absolute Gasteiger partial charge is 0.226 e. The number of H-pyrrole nitrogens is 1. The van der Waals surface area contributed by atoms with Gasteiger partial charge in [-0.05, 0) is 18.8 Å². The van der Waals surface area contributed by atoms with Crippen LogP contribution in [0.15, 0.2) is 0 Å². The Kier molecular flexibility index (Phi) is 2.93. The number of fused-ring (bicyclic) bond motifs is 1.